The highest BCUT2D eigenvalue weighted by atomic mass is 79.9. The number of halogens is 1. The third-order valence-electron chi connectivity index (χ3n) is 1.66. The number of aliphatic hydroxyl groups is 1. The summed E-state index contributed by atoms with van der Waals surface area (Å²) in [6.07, 6.45) is -0.653. The van der Waals surface area contributed by atoms with E-state index in [1.54, 1.807) is 18.2 Å². The van der Waals surface area contributed by atoms with Crippen molar-refractivity contribution in [2.45, 2.75) is 0 Å². The molecule has 0 spiro atoms. The third kappa shape index (κ3) is 3.53. The molecule has 0 aromatic heterocycles. The Morgan fingerprint density at radius 3 is 2.94 bits per heavy atom. The number of ether oxygens (including phenoxy) is 1. The molecule has 1 aromatic rings. The van der Waals surface area contributed by atoms with Crippen LogP contribution < -0.4 is 5.32 Å². The fraction of sp³-hybridized carbons (Fsp3) is 0.200. The Labute approximate surface area is 101 Å². The van der Waals surface area contributed by atoms with Crippen LogP contribution in [0.2, 0.25) is 0 Å². The summed E-state index contributed by atoms with van der Waals surface area (Å²) in [4.78, 5) is 11.1. The predicted molar refractivity (Wildman–Crippen MR) is 60.9 cm³/mol. The molecule has 0 aliphatic carbocycles. The van der Waals surface area contributed by atoms with Crippen molar-refractivity contribution in [3.63, 3.8) is 0 Å². The van der Waals surface area contributed by atoms with Crippen molar-refractivity contribution in [2.75, 3.05) is 18.5 Å². The van der Waals surface area contributed by atoms with Gasteiger partial charge in [-0.2, -0.15) is 5.26 Å². The second kappa shape index (κ2) is 6.10. The fourth-order valence-electron chi connectivity index (χ4n) is 0.970. The second-order valence-electron chi connectivity index (χ2n) is 2.79. The van der Waals surface area contributed by atoms with E-state index in [1.807, 2.05) is 6.07 Å². The molecule has 2 N–H and O–H groups in total. The van der Waals surface area contributed by atoms with E-state index in [0.717, 1.165) is 0 Å². The molecule has 0 fully saturated rings. The quantitative estimate of drug-likeness (QED) is 0.888. The van der Waals surface area contributed by atoms with Crippen molar-refractivity contribution in [3.05, 3.63) is 28.2 Å². The van der Waals surface area contributed by atoms with Crippen LogP contribution in [-0.2, 0) is 4.74 Å². The van der Waals surface area contributed by atoms with Crippen LogP contribution in [0.4, 0.5) is 10.5 Å². The van der Waals surface area contributed by atoms with Crippen LogP contribution in [0.15, 0.2) is 22.7 Å². The SMILES string of the molecule is N#Cc1ccc(NC(=O)OCCO)c(Br)c1. The van der Waals surface area contributed by atoms with Crippen molar-refractivity contribution >= 4 is 27.7 Å². The molecular formula is C10H9BrN2O3. The lowest BCUT2D eigenvalue weighted by molar-refractivity contribution is 0.131. The van der Waals surface area contributed by atoms with Crippen LogP contribution in [-0.4, -0.2) is 24.4 Å². The van der Waals surface area contributed by atoms with Crippen LogP contribution in [0, 0.1) is 11.3 Å². The number of nitrogens with one attached hydrogen (secondary N) is 1. The minimum atomic E-state index is -0.653. The van der Waals surface area contributed by atoms with E-state index in [2.05, 4.69) is 26.0 Å². The topological polar surface area (TPSA) is 82.4 Å². The molecule has 0 radical (unpaired) electrons. The number of amides is 1. The van der Waals surface area contributed by atoms with E-state index in [0.29, 0.717) is 15.7 Å². The van der Waals surface area contributed by atoms with Gasteiger partial charge in [-0.15, -0.1) is 0 Å². The first-order valence-electron chi connectivity index (χ1n) is 4.41. The van der Waals surface area contributed by atoms with E-state index in [-0.39, 0.29) is 13.2 Å². The molecule has 0 saturated heterocycles. The predicted octanol–water partition coefficient (Wildman–Crippen LogP) is 1.86. The monoisotopic (exact) mass is 284 g/mol. The zero-order valence-electron chi connectivity index (χ0n) is 8.24. The standard InChI is InChI=1S/C10H9BrN2O3/c11-8-5-7(6-12)1-2-9(8)13-10(15)16-4-3-14/h1-2,5,14H,3-4H2,(H,13,15). The number of hydrogen-bond donors (Lipinski definition) is 2. The first kappa shape index (κ1) is 12.5. The van der Waals surface area contributed by atoms with Gasteiger partial charge in [-0.05, 0) is 34.1 Å². The number of carbonyl (C=O) groups excluding carboxylic acids is 1. The highest BCUT2D eigenvalue weighted by Crippen LogP contribution is 2.23. The van der Waals surface area contributed by atoms with Crippen molar-refractivity contribution in [3.8, 4) is 6.07 Å². The van der Waals surface area contributed by atoms with Crippen LogP contribution >= 0.6 is 15.9 Å². The summed E-state index contributed by atoms with van der Waals surface area (Å²) in [6, 6.07) is 6.72. The number of benzene rings is 1. The molecule has 1 amide bonds. The summed E-state index contributed by atoms with van der Waals surface area (Å²) in [5, 5.41) is 19.6. The average molecular weight is 285 g/mol. The van der Waals surface area contributed by atoms with E-state index in [9.17, 15) is 4.79 Å². The Kier molecular flexibility index (Phi) is 4.76. The Morgan fingerprint density at radius 2 is 2.38 bits per heavy atom. The number of aliphatic hydroxyl groups excluding tert-OH is 1. The first-order valence-corrected chi connectivity index (χ1v) is 5.21. The van der Waals surface area contributed by atoms with Crippen molar-refractivity contribution in [2.24, 2.45) is 0 Å². The molecule has 1 aromatic carbocycles. The maximum absolute atomic E-state index is 11.1. The summed E-state index contributed by atoms with van der Waals surface area (Å²) in [7, 11) is 0. The van der Waals surface area contributed by atoms with Gasteiger partial charge in [-0.1, -0.05) is 0 Å². The number of anilines is 1. The lowest BCUT2D eigenvalue weighted by atomic mass is 10.2. The van der Waals surface area contributed by atoms with Crippen LogP contribution in [0.5, 0.6) is 0 Å². The van der Waals surface area contributed by atoms with Crippen LogP contribution in [0.25, 0.3) is 0 Å². The van der Waals surface area contributed by atoms with E-state index >= 15 is 0 Å². The molecule has 0 unspecified atom stereocenters. The molecule has 16 heavy (non-hydrogen) atoms. The van der Waals surface area contributed by atoms with E-state index in [4.69, 9.17) is 10.4 Å². The van der Waals surface area contributed by atoms with Gasteiger partial charge in [-0.25, -0.2) is 4.79 Å². The largest absolute Gasteiger partial charge is 0.447 e. The highest BCUT2D eigenvalue weighted by molar-refractivity contribution is 9.10. The normalized spacial score (nSPS) is 9.31. The van der Waals surface area contributed by atoms with Gasteiger partial charge in [0.25, 0.3) is 0 Å². The van der Waals surface area contributed by atoms with Crippen molar-refractivity contribution in [1.82, 2.24) is 0 Å². The third-order valence-corrected chi connectivity index (χ3v) is 2.32. The number of rotatable bonds is 3. The molecule has 0 aliphatic rings. The lowest BCUT2D eigenvalue weighted by Crippen LogP contribution is -2.16. The molecule has 0 atom stereocenters. The van der Waals surface area contributed by atoms with Gasteiger partial charge < -0.3 is 9.84 Å². The van der Waals surface area contributed by atoms with E-state index in [1.165, 1.54) is 0 Å². The molecule has 0 bridgehead atoms. The van der Waals surface area contributed by atoms with Crippen LogP contribution in [0.3, 0.4) is 0 Å². The smallest absolute Gasteiger partial charge is 0.411 e. The minimum absolute atomic E-state index is 0.0558. The molecule has 1 rings (SSSR count). The molecule has 0 aliphatic heterocycles. The number of carbonyl (C=O) groups is 1. The Hall–Kier alpha value is -1.58. The second-order valence-corrected chi connectivity index (χ2v) is 3.65. The van der Waals surface area contributed by atoms with Crippen molar-refractivity contribution in [1.29, 1.82) is 5.26 Å². The molecule has 0 heterocycles. The summed E-state index contributed by atoms with van der Waals surface area (Å²) >= 11 is 3.21. The average Bonchev–Trinajstić information content (AvgIpc) is 2.29. The Morgan fingerprint density at radius 1 is 1.62 bits per heavy atom. The first-order chi connectivity index (χ1) is 7.67. The lowest BCUT2D eigenvalue weighted by Gasteiger charge is -2.07. The maximum Gasteiger partial charge on any atom is 0.411 e. The molecule has 0 saturated carbocycles. The zero-order valence-corrected chi connectivity index (χ0v) is 9.82. The summed E-state index contributed by atoms with van der Waals surface area (Å²) in [5.41, 5.74) is 0.989. The van der Waals surface area contributed by atoms with Crippen molar-refractivity contribution < 1.29 is 14.6 Å². The molecule has 6 heteroatoms. The van der Waals surface area contributed by atoms with E-state index < -0.39 is 6.09 Å². The van der Waals surface area contributed by atoms with Gasteiger partial charge in [0, 0.05) is 4.47 Å². The highest BCUT2D eigenvalue weighted by Gasteiger charge is 2.06. The molecular weight excluding hydrogens is 276 g/mol. The van der Waals surface area contributed by atoms with Crippen LogP contribution in [0.1, 0.15) is 5.56 Å². The summed E-state index contributed by atoms with van der Waals surface area (Å²) < 4.78 is 5.21. The Balaban J connectivity index is 2.68. The molecule has 5 nitrogen and oxygen atoms in total. The fourth-order valence-corrected chi connectivity index (χ4v) is 1.45. The van der Waals surface area contributed by atoms with Gasteiger partial charge in [0.05, 0.1) is 23.9 Å². The minimum Gasteiger partial charge on any atom is -0.447 e. The van der Waals surface area contributed by atoms with Gasteiger partial charge in [0.1, 0.15) is 6.61 Å². The zero-order chi connectivity index (χ0) is 12.0. The molecule has 84 valence electrons. The van der Waals surface area contributed by atoms with Gasteiger partial charge in [0.2, 0.25) is 0 Å². The van der Waals surface area contributed by atoms with Gasteiger partial charge in [0.15, 0.2) is 0 Å². The van der Waals surface area contributed by atoms with Gasteiger partial charge >= 0.3 is 6.09 Å². The maximum atomic E-state index is 11.1. The Bertz CT molecular complexity index is 429. The number of nitriles is 1. The summed E-state index contributed by atoms with van der Waals surface area (Å²) in [5.74, 6) is 0. The summed E-state index contributed by atoms with van der Waals surface area (Å²) in [6.45, 7) is -0.276. The number of hydrogen-bond acceptors (Lipinski definition) is 4. The number of nitrogens with zero attached hydrogens (tertiary/aromatic N) is 1. The van der Waals surface area contributed by atoms with Gasteiger partial charge in [-0.3, -0.25) is 5.32 Å².